The van der Waals surface area contributed by atoms with Crippen LogP contribution in [0.25, 0.3) is 11.1 Å². The Morgan fingerprint density at radius 3 is 2.48 bits per heavy atom. The summed E-state index contributed by atoms with van der Waals surface area (Å²) in [4.78, 5) is 34.1. The van der Waals surface area contributed by atoms with Crippen molar-refractivity contribution in [2.24, 2.45) is 0 Å². The van der Waals surface area contributed by atoms with Crippen LogP contribution >= 0.6 is 11.3 Å². The predicted octanol–water partition coefficient (Wildman–Crippen LogP) is 6.20. The molecule has 7 nitrogen and oxygen atoms in total. The topological polar surface area (TPSA) is 80.8 Å². The van der Waals surface area contributed by atoms with Crippen LogP contribution in [0.1, 0.15) is 45.8 Å². The molecule has 42 heavy (non-hydrogen) atoms. The summed E-state index contributed by atoms with van der Waals surface area (Å²) in [6, 6.07) is 18.4. The van der Waals surface area contributed by atoms with Gasteiger partial charge in [0.15, 0.2) is 11.5 Å². The van der Waals surface area contributed by atoms with Crippen LogP contribution in [0.3, 0.4) is 0 Å². The third-order valence-corrected chi connectivity index (χ3v) is 8.46. The number of rotatable bonds is 10. The van der Waals surface area contributed by atoms with E-state index in [9.17, 15) is 14.0 Å². The van der Waals surface area contributed by atoms with Crippen molar-refractivity contribution in [3.63, 3.8) is 0 Å². The molecule has 0 aliphatic carbocycles. The number of ether oxygens (including phenoxy) is 2. The first-order chi connectivity index (χ1) is 20.4. The average molecular weight is 588 g/mol. The summed E-state index contributed by atoms with van der Waals surface area (Å²) < 4.78 is 25.0. The lowest BCUT2D eigenvalue weighted by molar-refractivity contribution is -0.125. The summed E-state index contributed by atoms with van der Waals surface area (Å²) >= 11 is 1.61. The van der Waals surface area contributed by atoms with E-state index in [-0.39, 0.29) is 24.2 Å². The van der Waals surface area contributed by atoms with Gasteiger partial charge in [0, 0.05) is 30.0 Å². The monoisotopic (exact) mass is 587 g/mol. The SMILES string of the molecule is COc1cc(CN(C(=O)c2ccc(-c3ccc(F)cc3)cc2)[C@H]2CCCCNC2=O)ccc1OCCc1scnc1C. The van der Waals surface area contributed by atoms with Crippen molar-refractivity contribution in [2.75, 3.05) is 20.3 Å². The van der Waals surface area contributed by atoms with E-state index in [1.807, 2.05) is 42.8 Å². The molecule has 1 aliphatic heterocycles. The van der Waals surface area contributed by atoms with E-state index in [0.717, 1.165) is 41.6 Å². The molecule has 1 fully saturated rings. The zero-order chi connectivity index (χ0) is 29.5. The maximum absolute atomic E-state index is 13.9. The van der Waals surface area contributed by atoms with E-state index in [2.05, 4.69) is 10.3 Å². The molecule has 4 aromatic rings. The molecule has 1 aliphatic rings. The number of aromatic nitrogens is 1. The third kappa shape index (κ3) is 6.97. The molecular weight excluding hydrogens is 553 g/mol. The third-order valence-electron chi connectivity index (χ3n) is 7.47. The zero-order valence-electron chi connectivity index (χ0n) is 23.8. The van der Waals surface area contributed by atoms with Crippen molar-refractivity contribution in [3.8, 4) is 22.6 Å². The van der Waals surface area contributed by atoms with Crippen LogP contribution in [-0.2, 0) is 17.8 Å². The number of nitrogens with one attached hydrogen (secondary N) is 1. The molecule has 1 atom stereocenters. The number of methoxy groups -OCH3 is 1. The fourth-order valence-electron chi connectivity index (χ4n) is 5.10. The normalized spacial score (nSPS) is 15.0. The van der Waals surface area contributed by atoms with Gasteiger partial charge in [-0.3, -0.25) is 9.59 Å². The first-order valence-corrected chi connectivity index (χ1v) is 14.9. The average Bonchev–Trinajstić information content (AvgIpc) is 3.30. The second kappa shape index (κ2) is 13.6. The number of amides is 2. The lowest BCUT2D eigenvalue weighted by Gasteiger charge is -2.30. The van der Waals surface area contributed by atoms with Gasteiger partial charge >= 0.3 is 0 Å². The Kier molecular flexibility index (Phi) is 9.48. The minimum Gasteiger partial charge on any atom is -0.493 e. The Hall–Kier alpha value is -4.24. The van der Waals surface area contributed by atoms with E-state index in [1.165, 1.54) is 17.0 Å². The Labute approximate surface area is 249 Å². The smallest absolute Gasteiger partial charge is 0.254 e. The second-order valence-electron chi connectivity index (χ2n) is 10.3. The molecule has 0 unspecified atom stereocenters. The summed E-state index contributed by atoms with van der Waals surface area (Å²) in [5.74, 6) is 0.501. The van der Waals surface area contributed by atoms with Gasteiger partial charge in [-0.05, 0) is 79.3 Å². The summed E-state index contributed by atoms with van der Waals surface area (Å²) in [7, 11) is 1.59. The van der Waals surface area contributed by atoms with Gasteiger partial charge in [-0.1, -0.05) is 30.3 Å². The molecule has 1 aromatic heterocycles. The summed E-state index contributed by atoms with van der Waals surface area (Å²) in [6.45, 7) is 3.31. The number of carbonyl (C=O) groups is 2. The van der Waals surface area contributed by atoms with Crippen LogP contribution in [0.5, 0.6) is 11.5 Å². The molecule has 0 saturated carbocycles. The van der Waals surface area contributed by atoms with Gasteiger partial charge in [-0.25, -0.2) is 9.37 Å². The van der Waals surface area contributed by atoms with Crippen molar-refractivity contribution < 1.29 is 23.5 Å². The molecule has 2 amide bonds. The first kappa shape index (κ1) is 29.3. The number of aryl methyl sites for hydroxylation is 1. The summed E-state index contributed by atoms with van der Waals surface area (Å²) in [6.07, 6.45) is 3.05. The van der Waals surface area contributed by atoms with Crippen molar-refractivity contribution in [3.05, 3.63) is 99.8 Å². The van der Waals surface area contributed by atoms with Gasteiger partial charge in [0.2, 0.25) is 5.91 Å². The highest BCUT2D eigenvalue weighted by molar-refractivity contribution is 7.09. The molecule has 5 rings (SSSR count). The van der Waals surface area contributed by atoms with Crippen LogP contribution in [0.2, 0.25) is 0 Å². The number of hydrogen-bond acceptors (Lipinski definition) is 6. The van der Waals surface area contributed by atoms with Crippen LogP contribution in [0.4, 0.5) is 4.39 Å². The fraction of sp³-hybridized carbons (Fsp3) is 0.303. The minimum absolute atomic E-state index is 0.144. The molecule has 0 bridgehead atoms. The largest absolute Gasteiger partial charge is 0.493 e. The van der Waals surface area contributed by atoms with Gasteiger partial charge < -0.3 is 19.7 Å². The van der Waals surface area contributed by atoms with E-state index < -0.39 is 6.04 Å². The quantitative estimate of drug-likeness (QED) is 0.239. The molecule has 0 spiro atoms. The van der Waals surface area contributed by atoms with Crippen LogP contribution in [0.15, 0.2) is 72.2 Å². The van der Waals surface area contributed by atoms with Gasteiger partial charge in [-0.2, -0.15) is 0 Å². The molecule has 3 aromatic carbocycles. The van der Waals surface area contributed by atoms with E-state index >= 15 is 0 Å². The van der Waals surface area contributed by atoms with Crippen molar-refractivity contribution in [1.29, 1.82) is 0 Å². The van der Waals surface area contributed by atoms with Crippen LogP contribution < -0.4 is 14.8 Å². The van der Waals surface area contributed by atoms with E-state index in [4.69, 9.17) is 9.47 Å². The highest BCUT2D eigenvalue weighted by atomic mass is 32.1. The number of carbonyl (C=O) groups excluding carboxylic acids is 2. The molecule has 2 heterocycles. The highest BCUT2D eigenvalue weighted by Gasteiger charge is 2.31. The summed E-state index contributed by atoms with van der Waals surface area (Å²) in [5.41, 5.74) is 5.88. The Morgan fingerprint density at radius 1 is 1.05 bits per heavy atom. The number of hydrogen-bond donors (Lipinski definition) is 1. The predicted molar refractivity (Wildman–Crippen MR) is 161 cm³/mol. The van der Waals surface area contributed by atoms with Gasteiger partial charge in [-0.15, -0.1) is 11.3 Å². The van der Waals surface area contributed by atoms with Crippen molar-refractivity contribution in [1.82, 2.24) is 15.2 Å². The zero-order valence-corrected chi connectivity index (χ0v) is 24.6. The Balaban J connectivity index is 1.36. The van der Waals surface area contributed by atoms with Crippen LogP contribution in [-0.4, -0.2) is 48.0 Å². The minimum atomic E-state index is -0.596. The molecule has 218 valence electrons. The lowest BCUT2D eigenvalue weighted by atomic mass is 10.0. The second-order valence-corrected chi connectivity index (χ2v) is 11.2. The van der Waals surface area contributed by atoms with Crippen molar-refractivity contribution >= 4 is 23.2 Å². The molecular formula is C33H34FN3O4S. The van der Waals surface area contributed by atoms with E-state index in [0.29, 0.717) is 36.6 Å². The van der Waals surface area contributed by atoms with E-state index in [1.54, 1.807) is 47.6 Å². The number of nitrogens with zero attached hydrogens (tertiary/aromatic N) is 2. The Morgan fingerprint density at radius 2 is 1.79 bits per heavy atom. The van der Waals surface area contributed by atoms with Gasteiger partial charge in [0.25, 0.3) is 5.91 Å². The van der Waals surface area contributed by atoms with Gasteiger partial charge in [0.1, 0.15) is 11.9 Å². The fourth-order valence-corrected chi connectivity index (χ4v) is 5.87. The first-order valence-electron chi connectivity index (χ1n) is 14.1. The van der Waals surface area contributed by atoms with Gasteiger partial charge in [0.05, 0.1) is 24.9 Å². The molecule has 0 radical (unpaired) electrons. The molecule has 1 N–H and O–H groups in total. The maximum Gasteiger partial charge on any atom is 0.254 e. The number of benzene rings is 3. The number of halogens is 1. The number of thiazole rings is 1. The maximum atomic E-state index is 13.9. The Bertz CT molecular complexity index is 1520. The van der Waals surface area contributed by atoms with Crippen molar-refractivity contribution in [2.45, 2.75) is 45.2 Å². The molecule has 9 heteroatoms. The molecule has 1 saturated heterocycles. The standard InChI is InChI=1S/C33H34FN3O4S/c1-22-31(42-21-36-22)16-18-41-29-15-6-23(19-30(29)40-2)20-37(28-5-3-4-17-35-32(28)38)33(39)26-9-7-24(8-10-26)25-11-13-27(34)14-12-25/h6-15,19,21,28H,3-5,16-18,20H2,1-2H3,(H,35,38)/t28-/m0/s1. The lowest BCUT2D eigenvalue weighted by Crippen LogP contribution is -2.48. The summed E-state index contributed by atoms with van der Waals surface area (Å²) in [5, 5.41) is 2.96. The highest BCUT2D eigenvalue weighted by Crippen LogP contribution is 2.30. The van der Waals surface area contributed by atoms with Crippen LogP contribution in [0, 0.1) is 12.7 Å².